The van der Waals surface area contributed by atoms with Gasteiger partial charge in [0, 0.05) is 19.1 Å². The van der Waals surface area contributed by atoms with Crippen LogP contribution >= 0.6 is 0 Å². The minimum absolute atomic E-state index is 0.178. The van der Waals surface area contributed by atoms with E-state index >= 15 is 0 Å². The van der Waals surface area contributed by atoms with Gasteiger partial charge in [0.25, 0.3) is 0 Å². The third kappa shape index (κ3) is 3.44. The Kier molecular flexibility index (Phi) is 4.97. The molecular weight excluding hydrogens is 222 g/mol. The van der Waals surface area contributed by atoms with Crippen LogP contribution in [0.15, 0.2) is 43.0 Å². The highest BCUT2D eigenvalue weighted by Crippen LogP contribution is 2.24. The van der Waals surface area contributed by atoms with Crippen LogP contribution in [0.5, 0.6) is 0 Å². The highest BCUT2D eigenvalue weighted by atomic mass is 16.3. The summed E-state index contributed by atoms with van der Waals surface area (Å²) < 4.78 is 0. The molecule has 2 heteroatoms. The average molecular weight is 245 g/mol. The van der Waals surface area contributed by atoms with Crippen LogP contribution < -0.4 is 0 Å². The quantitative estimate of drug-likeness (QED) is 0.806. The van der Waals surface area contributed by atoms with Crippen LogP contribution in [0, 0.1) is 0 Å². The Morgan fingerprint density at radius 1 is 1.22 bits per heavy atom. The molecule has 1 aliphatic carbocycles. The van der Waals surface area contributed by atoms with Gasteiger partial charge in [-0.25, -0.2) is 0 Å². The maximum absolute atomic E-state index is 10.2. The molecule has 1 fully saturated rings. The van der Waals surface area contributed by atoms with Crippen molar-refractivity contribution in [3.63, 3.8) is 0 Å². The van der Waals surface area contributed by atoms with Crippen molar-refractivity contribution in [3.8, 4) is 0 Å². The third-order valence-corrected chi connectivity index (χ3v) is 3.76. The highest BCUT2D eigenvalue weighted by Gasteiger charge is 2.27. The first-order valence-corrected chi connectivity index (χ1v) is 6.88. The van der Waals surface area contributed by atoms with E-state index < -0.39 is 0 Å². The Morgan fingerprint density at radius 3 is 2.61 bits per heavy atom. The molecule has 18 heavy (non-hydrogen) atoms. The van der Waals surface area contributed by atoms with Gasteiger partial charge in [0.15, 0.2) is 0 Å². The predicted octanol–water partition coefficient (Wildman–Crippen LogP) is 2.98. The maximum atomic E-state index is 10.2. The van der Waals surface area contributed by atoms with Gasteiger partial charge in [-0.05, 0) is 18.4 Å². The van der Waals surface area contributed by atoms with E-state index in [-0.39, 0.29) is 12.1 Å². The van der Waals surface area contributed by atoms with Crippen molar-refractivity contribution < 1.29 is 5.11 Å². The van der Waals surface area contributed by atoms with Gasteiger partial charge in [0.2, 0.25) is 0 Å². The minimum atomic E-state index is -0.178. The second kappa shape index (κ2) is 6.72. The first-order chi connectivity index (χ1) is 8.81. The molecule has 98 valence electrons. The van der Waals surface area contributed by atoms with Crippen LogP contribution in [0.1, 0.15) is 31.2 Å². The van der Waals surface area contributed by atoms with Gasteiger partial charge >= 0.3 is 0 Å². The average Bonchev–Trinajstić information content (AvgIpc) is 2.40. The summed E-state index contributed by atoms with van der Waals surface area (Å²) in [4.78, 5) is 2.35. The number of nitrogens with zero attached hydrogens (tertiary/aromatic N) is 1. The number of hydrogen-bond donors (Lipinski definition) is 1. The Bertz CT molecular complexity index is 363. The zero-order chi connectivity index (χ0) is 12.8. The molecule has 0 unspecified atom stereocenters. The van der Waals surface area contributed by atoms with Crippen LogP contribution in [-0.2, 0) is 6.54 Å². The van der Waals surface area contributed by atoms with Crippen LogP contribution in [0.2, 0.25) is 0 Å². The van der Waals surface area contributed by atoms with Gasteiger partial charge < -0.3 is 5.11 Å². The van der Waals surface area contributed by atoms with Gasteiger partial charge in [0.1, 0.15) is 0 Å². The second-order valence-corrected chi connectivity index (χ2v) is 5.12. The molecule has 0 radical (unpaired) electrons. The summed E-state index contributed by atoms with van der Waals surface area (Å²) in [6.45, 7) is 5.58. The van der Waals surface area contributed by atoms with E-state index in [9.17, 15) is 5.11 Å². The fourth-order valence-corrected chi connectivity index (χ4v) is 2.82. The molecule has 0 spiro atoms. The fraction of sp³-hybridized carbons (Fsp3) is 0.500. The van der Waals surface area contributed by atoms with E-state index in [2.05, 4.69) is 35.7 Å². The molecular formula is C16H23NO. The molecule has 2 rings (SSSR count). The Hall–Kier alpha value is -1.12. The van der Waals surface area contributed by atoms with Crippen molar-refractivity contribution in [2.75, 3.05) is 6.54 Å². The second-order valence-electron chi connectivity index (χ2n) is 5.12. The molecule has 2 nitrogen and oxygen atoms in total. The first-order valence-electron chi connectivity index (χ1n) is 6.88. The van der Waals surface area contributed by atoms with E-state index in [0.29, 0.717) is 0 Å². The molecule has 0 aromatic heterocycles. The summed E-state index contributed by atoms with van der Waals surface area (Å²) in [5.41, 5.74) is 1.30. The lowest BCUT2D eigenvalue weighted by Gasteiger charge is -2.37. The molecule has 1 aliphatic rings. The van der Waals surface area contributed by atoms with Crippen molar-refractivity contribution in [2.45, 2.75) is 44.4 Å². The van der Waals surface area contributed by atoms with Crippen LogP contribution in [0.3, 0.4) is 0 Å². The van der Waals surface area contributed by atoms with Crippen molar-refractivity contribution >= 4 is 0 Å². The molecule has 0 amide bonds. The molecule has 0 bridgehead atoms. The molecule has 0 heterocycles. The normalized spacial score (nSPS) is 24.1. The molecule has 0 aliphatic heterocycles. The number of hydrogen-bond acceptors (Lipinski definition) is 2. The summed E-state index contributed by atoms with van der Waals surface area (Å²) in [6, 6.07) is 10.8. The summed E-state index contributed by atoms with van der Waals surface area (Å²) in [7, 11) is 0. The lowest BCUT2D eigenvalue weighted by molar-refractivity contribution is 0.0214. The number of aliphatic hydroxyl groups is 1. The summed E-state index contributed by atoms with van der Waals surface area (Å²) in [6.07, 6.45) is 6.18. The number of aliphatic hydroxyl groups excluding tert-OH is 1. The summed E-state index contributed by atoms with van der Waals surface area (Å²) in [5, 5.41) is 10.2. The zero-order valence-corrected chi connectivity index (χ0v) is 11.0. The predicted molar refractivity (Wildman–Crippen MR) is 75.3 cm³/mol. The number of benzene rings is 1. The molecule has 1 saturated carbocycles. The molecule has 2 atom stereocenters. The standard InChI is InChI=1S/C16H23NO/c1-2-12-17(13-14-8-4-3-5-9-14)15-10-6-7-11-16(15)18/h2-5,8-9,15-16,18H,1,6-7,10-13H2/t15-,16-/m0/s1. The molecule has 1 N–H and O–H groups in total. The van der Waals surface area contributed by atoms with E-state index in [0.717, 1.165) is 32.4 Å². The topological polar surface area (TPSA) is 23.5 Å². The Morgan fingerprint density at radius 2 is 1.94 bits per heavy atom. The van der Waals surface area contributed by atoms with Gasteiger partial charge in [0.05, 0.1) is 6.10 Å². The van der Waals surface area contributed by atoms with Gasteiger partial charge in [-0.3, -0.25) is 4.90 Å². The summed E-state index contributed by atoms with van der Waals surface area (Å²) >= 11 is 0. The van der Waals surface area contributed by atoms with E-state index in [4.69, 9.17) is 0 Å². The van der Waals surface area contributed by atoms with Crippen molar-refractivity contribution in [3.05, 3.63) is 48.6 Å². The minimum Gasteiger partial charge on any atom is -0.391 e. The van der Waals surface area contributed by atoms with Crippen molar-refractivity contribution in [2.24, 2.45) is 0 Å². The largest absolute Gasteiger partial charge is 0.391 e. The van der Waals surface area contributed by atoms with Crippen LogP contribution in [0.25, 0.3) is 0 Å². The van der Waals surface area contributed by atoms with Crippen LogP contribution in [0.4, 0.5) is 0 Å². The van der Waals surface area contributed by atoms with E-state index in [1.165, 1.54) is 12.0 Å². The maximum Gasteiger partial charge on any atom is 0.0695 e. The van der Waals surface area contributed by atoms with Crippen molar-refractivity contribution in [1.29, 1.82) is 0 Å². The zero-order valence-electron chi connectivity index (χ0n) is 11.0. The molecule has 0 saturated heterocycles. The van der Waals surface area contributed by atoms with E-state index in [1.807, 2.05) is 12.1 Å². The van der Waals surface area contributed by atoms with Gasteiger partial charge in [-0.1, -0.05) is 49.2 Å². The van der Waals surface area contributed by atoms with Gasteiger partial charge in [-0.2, -0.15) is 0 Å². The molecule has 1 aromatic carbocycles. The van der Waals surface area contributed by atoms with Gasteiger partial charge in [-0.15, -0.1) is 6.58 Å². The lowest BCUT2D eigenvalue weighted by Crippen LogP contribution is -2.45. The SMILES string of the molecule is C=CCN(Cc1ccccc1)[C@H]1CCCC[C@@H]1O. The highest BCUT2D eigenvalue weighted by molar-refractivity contribution is 5.15. The third-order valence-electron chi connectivity index (χ3n) is 3.76. The van der Waals surface area contributed by atoms with Crippen molar-refractivity contribution in [1.82, 2.24) is 4.90 Å². The van der Waals surface area contributed by atoms with E-state index in [1.54, 1.807) is 0 Å². The van der Waals surface area contributed by atoms with Crippen LogP contribution in [-0.4, -0.2) is 28.7 Å². The monoisotopic (exact) mass is 245 g/mol. The molecule has 1 aromatic rings. The fourth-order valence-electron chi connectivity index (χ4n) is 2.82. The smallest absolute Gasteiger partial charge is 0.0695 e. The first kappa shape index (κ1) is 13.3. The number of rotatable bonds is 5. The summed E-state index contributed by atoms with van der Waals surface area (Å²) in [5.74, 6) is 0. The Labute approximate surface area is 110 Å². The Balaban J connectivity index is 2.05. The lowest BCUT2D eigenvalue weighted by atomic mass is 9.91.